The van der Waals surface area contributed by atoms with Gasteiger partial charge < -0.3 is 9.88 Å². The average molecular weight is 369 g/mol. The van der Waals surface area contributed by atoms with Crippen LogP contribution in [0.3, 0.4) is 0 Å². The van der Waals surface area contributed by atoms with E-state index in [2.05, 4.69) is 21.2 Å². The summed E-state index contributed by atoms with van der Waals surface area (Å²) in [6.07, 6.45) is 2.64. The van der Waals surface area contributed by atoms with Crippen LogP contribution in [0.2, 0.25) is 0 Å². The number of aromatic nitrogens is 1. The molecule has 1 aromatic carbocycles. The van der Waals surface area contributed by atoms with Gasteiger partial charge in [-0.3, -0.25) is 4.79 Å². The molecule has 0 spiro atoms. The minimum Gasteiger partial charge on any atom is -0.345 e. The van der Waals surface area contributed by atoms with E-state index < -0.39 is 0 Å². The third-order valence-electron chi connectivity index (χ3n) is 3.54. The minimum absolute atomic E-state index is 0.141. The van der Waals surface area contributed by atoms with Gasteiger partial charge in [-0.25, -0.2) is 4.39 Å². The summed E-state index contributed by atoms with van der Waals surface area (Å²) < 4.78 is 16.5. The van der Waals surface area contributed by atoms with Crippen molar-refractivity contribution in [2.75, 3.05) is 5.75 Å². The molecule has 0 saturated heterocycles. The van der Waals surface area contributed by atoms with Crippen molar-refractivity contribution in [2.24, 2.45) is 7.05 Å². The molecule has 3 rings (SSSR count). The number of carbonyl (C=O) groups excluding carboxylic acids is 1. The van der Waals surface area contributed by atoms with E-state index >= 15 is 0 Å². The van der Waals surface area contributed by atoms with Crippen LogP contribution in [0.25, 0.3) is 0 Å². The Morgan fingerprint density at radius 3 is 3.05 bits per heavy atom. The first-order chi connectivity index (χ1) is 10.1. The van der Waals surface area contributed by atoms with Gasteiger partial charge >= 0.3 is 0 Å². The molecule has 1 atom stereocenters. The molecule has 0 saturated carbocycles. The van der Waals surface area contributed by atoms with Crippen molar-refractivity contribution >= 4 is 33.6 Å². The molecule has 0 bridgehead atoms. The van der Waals surface area contributed by atoms with Crippen LogP contribution in [-0.4, -0.2) is 16.2 Å². The van der Waals surface area contributed by atoms with Gasteiger partial charge in [-0.1, -0.05) is 12.1 Å². The lowest BCUT2D eigenvalue weighted by Crippen LogP contribution is -2.31. The summed E-state index contributed by atoms with van der Waals surface area (Å²) in [5.41, 5.74) is 1.45. The highest BCUT2D eigenvalue weighted by Gasteiger charge is 2.25. The molecule has 110 valence electrons. The van der Waals surface area contributed by atoms with Gasteiger partial charge in [0.05, 0.1) is 6.04 Å². The lowest BCUT2D eigenvalue weighted by atomic mass is 10.0. The second-order valence-corrected chi connectivity index (χ2v) is 7.00. The number of amides is 1. The van der Waals surface area contributed by atoms with Crippen LogP contribution in [0.1, 0.15) is 28.5 Å². The second-order valence-electron chi connectivity index (χ2n) is 4.98. The topological polar surface area (TPSA) is 34.0 Å². The molecular weight excluding hydrogens is 355 g/mol. The number of rotatable bonds is 2. The van der Waals surface area contributed by atoms with Crippen LogP contribution >= 0.6 is 27.7 Å². The Labute approximate surface area is 135 Å². The van der Waals surface area contributed by atoms with Gasteiger partial charge in [-0.05, 0) is 40.0 Å². The van der Waals surface area contributed by atoms with E-state index in [9.17, 15) is 9.18 Å². The average Bonchev–Trinajstić information content (AvgIpc) is 2.79. The minimum atomic E-state index is -0.210. The SMILES string of the molecule is Cn1cc(Br)cc1C(=O)NC1CCSc2c(F)cccc21. The molecule has 6 heteroatoms. The fourth-order valence-corrected chi connectivity index (χ4v) is 4.18. The number of hydrogen-bond acceptors (Lipinski definition) is 2. The smallest absolute Gasteiger partial charge is 0.268 e. The maximum Gasteiger partial charge on any atom is 0.268 e. The Morgan fingerprint density at radius 2 is 2.33 bits per heavy atom. The highest BCUT2D eigenvalue weighted by Crippen LogP contribution is 2.37. The van der Waals surface area contributed by atoms with Crippen molar-refractivity contribution in [3.63, 3.8) is 0 Å². The molecule has 1 aliphatic heterocycles. The van der Waals surface area contributed by atoms with Crippen LogP contribution < -0.4 is 5.32 Å². The number of thioether (sulfide) groups is 1. The van der Waals surface area contributed by atoms with Crippen molar-refractivity contribution < 1.29 is 9.18 Å². The van der Waals surface area contributed by atoms with Gasteiger partial charge in [-0.15, -0.1) is 11.8 Å². The van der Waals surface area contributed by atoms with Gasteiger partial charge in [0.15, 0.2) is 0 Å². The first kappa shape index (κ1) is 14.7. The number of carbonyl (C=O) groups is 1. The predicted molar refractivity (Wildman–Crippen MR) is 85.1 cm³/mol. The number of fused-ring (bicyclic) bond motifs is 1. The van der Waals surface area contributed by atoms with Crippen LogP contribution in [0, 0.1) is 5.82 Å². The molecule has 2 heterocycles. The van der Waals surface area contributed by atoms with E-state index in [0.29, 0.717) is 10.6 Å². The Kier molecular flexibility index (Phi) is 4.08. The third kappa shape index (κ3) is 2.87. The second kappa shape index (κ2) is 5.85. The van der Waals surface area contributed by atoms with Crippen molar-refractivity contribution in [1.29, 1.82) is 0 Å². The van der Waals surface area contributed by atoms with Gasteiger partial charge in [0.1, 0.15) is 11.5 Å². The standard InChI is InChI=1S/C15H14BrFN2OS/c1-19-8-9(16)7-13(19)15(20)18-12-5-6-21-14-10(12)3-2-4-11(14)17/h2-4,7-8,12H,5-6H2,1H3,(H,18,20). The third-order valence-corrected chi connectivity index (χ3v) is 5.13. The Hall–Kier alpha value is -1.27. The van der Waals surface area contributed by atoms with Crippen LogP contribution in [0.4, 0.5) is 4.39 Å². The maximum absolute atomic E-state index is 13.8. The first-order valence-corrected chi connectivity index (χ1v) is 8.38. The summed E-state index contributed by atoms with van der Waals surface area (Å²) in [6.45, 7) is 0. The van der Waals surface area contributed by atoms with Crippen LogP contribution in [0.15, 0.2) is 39.8 Å². The van der Waals surface area contributed by atoms with Crippen LogP contribution in [0.5, 0.6) is 0 Å². The molecule has 1 amide bonds. The zero-order chi connectivity index (χ0) is 15.0. The molecule has 1 N–H and O–H groups in total. The zero-order valence-corrected chi connectivity index (χ0v) is 13.8. The zero-order valence-electron chi connectivity index (χ0n) is 11.4. The number of aryl methyl sites for hydroxylation is 1. The number of hydrogen-bond donors (Lipinski definition) is 1. The molecule has 1 aromatic heterocycles. The van der Waals surface area contributed by atoms with Crippen LogP contribution in [-0.2, 0) is 7.05 Å². The lowest BCUT2D eigenvalue weighted by Gasteiger charge is -2.26. The molecular formula is C15H14BrFN2OS. The molecule has 0 fully saturated rings. The van der Waals surface area contributed by atoms with Gasteiger partial charge in [0.2, 0.25) is 0 Å². The van der Waals surface area contributed by atoms with Crippen molar-refractivity contribution in [3.8, 4) is 0 Å². The fourth-order valence-electron chi connectivity index (χ4n) is 2.52. The van der Waals surface area contributed by atoms with Gasteiger partial charge in [0, 0.05) is 28.4 Å². The Balaban J connectivity index is 1.85. The maximum atomic E-state index is 13.8. The molecule has 1 unspecified atom stereocenters. The number of benzene rings is 1. The summed E-state index contributed by atoms with van der Waals surface area (Å²) in [6, 6.07) is 6.68. The normalized spacial score (nSPS) is 17.4. The monoisotopic (exact) mass is 368 g/mol. The summed E-state index contributed by atoms with van der Waals surface area (Å²) in [5.74, 6) is 0.448. The molecule has 3 nitrogen and oxygen atoms in total. The largest absolute Gasteiger partial charge is 0.345 e. The summed E-state index contributed by atoms with van der Waals surface area (Å²) in [4.78, 5) is 13.0. The number of halogens is 2. The molecule has 2 aromatic rings. The fraction of sp³-hybridized carbons (Fsp3) is 0.267. The van der Waals surface area contributed by atoms with Crippen molar-refractivity contribution in [1.82, 2.24) is 9.88 Å². The van der Waals surface area contributed by atoms with E-state index in [1.807, 2.05) is 19.3 Å². The number of nitrogens with zero attached hydrogens (tertiary/aromatic N) is 1. The summed E-state index contributed by atoms with van der Waals surface area (Å²) >= 11 is 4.87. The summed E-state index contributed by atoms with van der Waals surface area (Å²) in [7, 11) is 1.82. The highest BCUT2D eigenvalue weighted by molar-refractivity contribution is 9.10. The number of nitrogens with one attached hydrogen (secondary N) is 1. The van der Waals surface area contributed by atoms with Crippen molar-refractivity contribution in [2.45, 2.75) is 17.4 Å². The Bertz CT molecular complexity index is 701. The van der Waals surface area contributed by atoms with Crippen molar-refractivity contribution in [3.05, 3.63) is 52.0 Å². The first-order valence-electron chi connectivity index (χ1n) is 6.60. The quantitative estimate of drug-likeness (QED) is 0.872. The molecule has 0 radical (unpaired) electrons. The Morgan fingerprint density at radius 1 is 1.52 bits per heavy atom. The predicted octanol–water partition coefficient (Wildman–Crippen LogP) is 3.89. The molecule has 21 heavy (non-hydrogen) atoms. The molecule has 1 aliphatic rings. The van der Waals surface area contributed by atoms with E-state index in [-0.39, 0.29) is 17.8 Å². The van der Waals surface area contributed by atoms with E-state index in [4.69, 9.17) is 0 Å². The summed E-state index contributed by atoms with van der Waals surface area (Å²) in [5, 5.41) is 3.01. The molecule has 0 aliphatic carbocycles. The highest BCUT2D eigenvalue weighted by atomic mass is 79.9. The van der Waals surface area contributed by atoms with Gasteiger partial charge in [-0.2, -0.15) is 0 Å². The van der Waals surface area contributed by atoms with Gasteiger partial charge in [0.25, 0.3) is 5.91 Å². The van der Waals surface area contributed by atoms with E-state index in [1.54, 1.807) is 16.7 Å². The van der Waals surface area contributed by atoms with E-state index in [0.717, 1.165) is 22.2 Å². The van der Waals surface area contributed by atoms with E-state index in [1.165, 1.54) is 17.8 Å². The lowest BCUT2D eigenvalue weighted by molar-refractivity contribution is 0.0926.